The number of methoxy groups -OCH3 is 1. The highest BCUT2D eigenvalue weighted by molar-refractivity contribution is 5.76. The Morgan fingerprint density at radius 1 is 1.15 bits per heavy atom. The van der Waals surface area contributed by atoms with Crippen molar-refractivity contribution in [2.45, 2.75) is 19.4 Å². The van der Waals surface area contributed by atoms with E-state index in [-0.39, 0.29) is 11.8 Å². The lowest BCUT2D eigenvalue weighted by Gasteiger charge is -2.12. The quantitative estimate of drug-likeness (QED) is 0.591. The lowest BCUT2D eigenvalue weighted by Crippen LogP contribution is -2.28. The van der Waals surface area contributed by atoms with Crippen LogP contribution in [0.2, 0.25) is 0 Å². The number of phenols is 1. The van der Waals surface area contributed by atoms with Crippen molar-refractivity contribution in [2.75, 3.05) is 19.0 Å². The fraction of sp³-hybridized carbons (Fsp3) is 0.250. The van der Waals surface area contributed by atoms with Gasteiger partial charge in [-0.25, -0.2) is 15.0 Å². The van der Waals surface area contributed by atoms with Crippen LogP contribution in [0, 0.1) is 0 Å². The van der Waals surface area contributed by atoms with Crippen LogP contribution in [0.1, 0.15) is 13.3 Å². The second-order valence-corrected chi connectivity index (χ2v) is 6.11. The summed E-state index contributed by atoms with van der Waals surface area (Å²) in [4.78, 5) is 13.0. The summed E-state index contributed by atoms with van der Waals surface area (Å²) in [5, 5.41) is 13.5. The van der Waals surface area contributed by atoms with Gasteiger partial charge >= 0.3 is 0 Å². The van der Waals surface area contributed by atoms with Crippen LogP contribution >= 0.6 is 0 Å². The van der Waals surface area contributed by atoms with Gasteiger partial charge in [-0.2, -0.15) is 0 Å². The van der Waals surface area contributed by atoms with Crippen LogP contribution in [0.5, 0.6) is 11.6 Å². The normalized spacial score (nSPS) is 11.8. The number of pyridine rings is 1. The molecule has 7 nitrogen and oxygen atoms in total. The maximum atomic E-state index is 10.3. The molecule has 0 bridgehead atoms. The summed E-state index contributed by atoms with van der Waals surface area (Å²) in [5.74, 6) is 1.70. The van der Waals surface area contributed by atoms with Crippen molar-refractivity contribution in [3.8, 4) is 34.1 Å². The van der Waals surface area contributed by atoms with Gasteiger partial charge in [0, 0.05) is 30.5 Å². The Morgan fingerprint density at radius 3 is 2.78 bits per heavy atom. The Morgan fingerprint density at radius 2 is 2.00 bits per heavy atom. The van der Waals surface area contributed by atoms with E-state index in [1.807, 2.05) is 25.1 Å². The van der Waals surface area contributed by atoms with Crippen molar-refractivity contribution in [2.24, 2.45) is 5.73 Å². The summed E-state index contributed by atoms with van der Waals surface area (Å²) in [7, 11) is 1.58. The third kappa shape index (κ3) is 4.32. The van der Waals surface area contributed by atoms with E-state index in [1.165, 1.54) is 0 Å². The number of hydrogen-bond acceptors (Lipinski definition) is 7. The van der Waals surface area contributed by atoms with Gasteiger partial charge in [0.15, 0.2) is 5.82 Å². The van der Waals surface area contributed by atoms with Crippen molar-refractivity contribution >= 4 is 5.82 Å². The van der Waals surface area contributed by atoms with E-state index in [0.717, 1.165) is 17.5 Å². The van der Waals surface area contributed by atoms with Crippen LogP contribution in [0.25, 0.3) is 22.5 Å². The van der Waals surface area contributed by atoms with E-state index >= 15 is 0 Å². The summed E-state index contributed by atoms with van der Waals surface area (Å²) in [6.07, 6.45) is 4.20. The molecule has 27 heavy (non-hydrogen) atoms. The summed E-state index contributed by atoms with van der Waals surface area (Å²) >= 11 is 0. The number of anilines is 1. The van der Waals surface area contributed by atoms with Gasteiger partial charge in [-0.05, 0) is 42.3 Å². The molecule has 2 aromatic heterocycles. The molecular weight excluding hydrogens is 342 g/mol. The molecule has 0 saturated heterocycles. The molecule has 3 aromatic rings. The van der Waals surface area contributed by atoms with Crippen LogP contribution in [-0.2, 0) is 0 Å². The standard InChI is InChI=1S/C20H23N5O2/c1-3-14(21)12-24-18-8-10-22-19(25-18)16-11-13(6-7-17(16)26)15-5-4-9-23-20(15)27-2/h4-11,14,26H,3,12,21H2,1-2H3,(H,22,24,25). The Balaban J connectivity index is 1.95. The first-order chi connectivity index (χ1) is 13.1. The SMILES string of the molecule is CCC(N)CNc1ccnc(-c2cc(-c3cccnc3OC)ccc2O)n1. The van der Waals surface area contributed by atoms with Crippen molar-refractivity contribution in [3.63, 3.8) is 0 Å². The van der Waals surface area contributed by atoms with Gasteiger partial charge in [-0.3, -0.25) is 0 Å². The number of ether oxygens (including phenoxy) is 1. The number of rotatable bonds is 7. The Hall–Kier alpha value is -3.19. The highest BCUT2D eigenvalue weighted by Crippen LogP contribution is 2.34. The van der Waals surface area contributed by atoms with E-state index in [2.05, 4.69) is 20.3 Å². The molecule has 1 unspecified atom stereocenters. The Kier molecular flexibility index (Phi) is 5.83. The maximum Gasteiger partial charge on any atom is 0.221 e. The van der Waals surface area contributed by atoms with E-state index in [9.17, 15) is 5.11 Å². The third-order valence-electron chi connectivity index (χ3n) is 4.24. The predicted molar refractivity (Wildman–Crippen MR) is 106 cm³/mol. The van der Waals surface area contributed by atoms with E-state index in [0.29, 0.717) is 29.6 Å². The number of nitrogens with two attached hydrogens (primary N) is 1. The molecule has 0 spiro atoms. The van der Waals surface area contributed by atoms with Gasteiger partial charge in [-0.1, -0.05) is 13.0 Å². The molecule has 0 saturated carbocycles. The van der Waals surface area contributed by atoms with Crippen LogP contribution in [-0.4, -0.2) is 39.8 Å². The van der Waals surface area contributed by atoms with Crippen molar-refractivity contribution in [3.05, 3.63) is 48.8 Å². The molecule has 2 heterocycles. The number of aromatic hydroxyl groups is 1. The summed E-state index contributed by atoms with van der Waals surface area (Å²) in [5.41, 5.74) is 8.14. The molecule has 1 atom stereocenters. The lowest BCUT2D eigenvalue weighted by molar-refractivity contribution is 0.399. The Labute approximate surface area is 158 Å². The zero-order valence-electron chi connectivity index (χ0n) is 15.4. The zero-order chi connectivity index (χ0) is 19.2. The monoisotopic (exact) mass is 365 g/mol. The number of phenolic OH excluding ortho intramolecular Hbond substituents is 1. The van der Waals surface area contributed by atoms with Crippen LogP contribution in [0.4, 0.5) is 5.82 Å². The topological polar surface area (TPSA) is 106 Å². The fourth-order valence-corrected chi connectivity index (χ4v) is 2.62. The molecule has 0 aliphatic carbocycles. The highest BCUT2D eigenvalue weighted by atomic mass is 16.5. The number of nitrogens with zero attached hydrogens (tertiary/aromatic N) is 3. The highest BCUT2D eigenvalue weighted by Gasteiger charge is 2.13. The average molecular weight is 365 g/mol. The minimum absolute atomic E-state index is 0.0539. The molecule has 4 N–H and O–H groups in total. The van der Waals surface area contributed by atoms with Gasteiger partial charge in [0.2, 0.25) is 5.88 Å². The molecule has 140 valence electrons. The molecule has 0 aliphatic rings. The second-order valence-electron chi connectivity index (χ2n) is 6.11. The molecule has 7 heteroatoms. The smallest absolute Gasteiger partial charge is 0.221 e. The lowest BCUT2D eigenvalue weighted by atomic mass is 10.0. The summed E-state index contributed by atoms with van der Waals surface area (Å²) in [6.45, 7) is 2.65. The predicted octanol–water partition coefficient (Wildman–Crippen LogP) is 3.07. The number of nitrogens with one attached hydrogen (secondary N) is 1. The molecule has 0 radical (unpaired) electrons. The van der Waals surface area contributed by atoms with Gasteiger partial charge in [-0.15, -0.1) is 0 Å². The van der Waals surface area contributed by atoms with Gasteiger partial charge in [0.25, 0.3) is 0 Å². The number of aromatic nitrogens is 3. The number of hydrogen-bond donors (Lipinski definition) is 3. The minimum atomic E-state index is 0.0539. The van der Waals surface area contributed by atoms with Crippen molar-refractivity contribution in [1.82, 2.24) is 15.0 Å². The maximum absolute atomic E-state index is 10.3. The zero-order valence-corrected chi connectivity index (χ0v) is 15.4. The molecule has 0 fully saturated rings. The molecular formula is C20H23N5O2. The fourth-order valence-electron chi connectivity index (χ4n) is 2.62. The van der Waals surface area contributed by atoms with Crippen LogP contribution < -0.4 is 15.8 Å². The second kappa shape index (κ2) is 8.46. The molecule has 3 rings (SSSR count). The van der Waals surface area contributed by atoms with E-state index in [4.69, 9.17) is 10.5 Å². The molecule has 1 aromatic carbocycles. The largest absolute Gasteiger partial charge is 0.507 e. The van der Waals surface area contributed by atoms with Crippen LogP contribution in [0.3, 0.4) is 0 Å². The minimum Gasteiger partial charge on any atom is -0.507 e. The van der Waals surface area contributed by atoms with Crippen molar-refractivity contribution in [1.29, 1.82) is 0 Å². The first-order valence-corrected chi connectivity index (χ1v) is 8.77. The molecule has 0 aliphatic heterocycles. The first-order valence-electron chi connectivity index (χ1n) is 8.77. The third-order valence-corrected chi connectivity index (χ3v) is 4.24. The van der Waals surface area contributed by atoms with Gasteiger partial charge in [0.05, 0.1) is 12.7 Å². The average Bonchev–Trinajstić information content (AvgIpc) is 2.72. The van der Waals surface area contributed by atoms with Crippen molar-refractivity contribution < 1.29 is 9.84 Å². The Bertz CT molecular complexity index is 916. The van der Waals surface area contributed by atoms with Gasteiger partial charge in [0.1, 0.15) is 11.6 Å². The molecule has 0 amide bonds. The van der Waals surface area contributed by atoms with E-state index < -0.39 is 0 Å². The van der Waals surface area contributed by atoms with E-state index in [1.54, 1.807) is 37.7 Å². The first kappa shape index (κ1) is 18.6. The summed E-state index contributed by atoms with van der Waals surface area (Å²) < 4.78 is 5.33. The van der Waals surface area contributed by atoms with Crippen LogP contribution in [0.15, 0.2) is 48.8 Å². The summed E-state index contributed by atoms with van der Waals surface area (Å²) in [6, 6.07) is 10.8. The van der Waals surface area contributed by atoms with Gasteiger partial charge < -0.3 is 20.9 Å². The number of benzene rings is 1.